The van der Waals surface area contributed by atoms with Gasteiger partial charge in [-0.2, -0.15) is 0 Å². The molecule has 1 rings (SSSR count). The van der Waals surface area contributed by atoms with Crippen LogP contribution in [0.4, 0.5) is 0 Å². The molecule has 2 N–H and O–H groups in total. The highest BCUT2D eigenvalue weighted by Gasteiger charge is 2.08. The largest absolute Gasteiger partial charge is 0.351 e. The van der Waals surface area contributed by atoms with E-state index in [2.05, 4.69) is 43.7 Å². The van der Waals surface area contributed by atoms with E-state index in [1.165, 1.54) is 18.5 Å². The van der Waals surface area contributed by atoms with Gasteiger partial charge in [0.15, 0.2) is 0 Å². The summed E-state index contributed by atoms with van der Waals surface area (Å²) in [6.45, 7) is 7.74. The Balaban J connectivity index is 2.63. The maximum atomic E-state index is 5.83. The van der Waals surface area contributed by atoms with Crippen LogP contribution in [-0.4, -0.2) is 10.6 Å². The SMILES string of the molecule is CCC(CC)Cn1cccc1CC(C)N. The van der Waals surface area contributed by atoms with E-state index in [0.29, 0.717) is 0 Å². The molecule has 1 heterocycles. The van der Waals surface area contributed by atoms with Crippen molar-refractivity contribution in [3.05, 3.63) is 24.0 Å². The molecule has 0 aliphatic rings. The number of aromatic nitrogens is 1. The first-order chi connectivity index (χ1) is 7.17. The zero-order valence-corrected chi connectivity index (χ0v) is 10.2. The molecule has 86 valence electrons. The van der Waals surface area contributed by atoms with E-state index in [4.69, 9.17) is 5.73 Å². The Morgan fingerprint density at radius 3 is 2.53 bits per heavy atom. The van der Waals surface area contributed by atoms with E-state index >= 15 is 0 Å². The fourth-order valence-electron chi connectivity index (χ4n) is 1.97. The third-order valence-electron chi connectivity index (χ3n) is 3.06. The lowest BCUT2D eigenvalue weighted by Crippen LogP contribution is -2.21. The van der Waals surface area contributed by atoms with Gasteiger partial charge in [0.25, 0.3) is 0 Å². The minimum absolute atomic E-state index is 0.250. The van der Waals surface area contributed by atoms with E-state index in [1.54, 1.807) is 0 Å². The van der Waals surface area contributed by atoms with Crippen LogP contribution in [0, 0.1) is 5.92 Å². The molecule has 15 heavy (non-hydrogen) atoms. The number of hydrogen-bond donors (Lipinski definition) is 1. The minimum atomic E-state index is 0.250. The van der Waals surface area contributed by atoms with Crippen LogP contribution < -0.4 is 5.73 Å². The van der Waals surface area contributed by atoms with Gasteiger partial charge in [-0.3, -0.25) is 0 Å². The Hall–Kier alpha value is -0.760. The summed E-state index contributed by atoms with van der Waals surface area (Å²) in [5, 5.41) is 0. The van der Waals surface area contributed by atoms with Crippen LogP contribution in [0.1, 0.15) is 39.3 Å². The van der Waals surface area contributed by atoms with Gasteiger partial charge in [0.1, 0.15) is 0 Å². The number of hydrogen-bond acceptors (Lipinski definition) is 1. The highest BCUT2D eigenvalue weighted by atomic mass is 15.0. The molecule has 0 saturated heterocycles. The third kappa shape index (κ3) is 3.71. The van der Waals surface area contributed by atoms with Crippen LogP contribution in [0.25, 0.3) is 0 Å². The Morgan fingerprint density at radius 2 is 2.00 bits per heavy atom. The minimum Gasteiger partial charge on any atom is -0.351 e. The summed E-state index contributed by atoms with van der Waals surface area (Å²) in [7, 11) is 0. The summed E-state index contributed by atoms with van der Waals surface area (Å²) in [4.78, 5) is 0. The Labute approximate surface area is 93.5 Å². The maximum Gasteiger partial charge on any atom is 0.0250 e. The van der Waals surface area contributed by atoms with E-state index in [-0.39, 0.29) is 6.04 Å². The predicted molar refractivity (Wildman–Crippen MR) is 65.9 cm³/mol. The molecule has 0 aliphatic carbocycles. The summed E-state index contributed by atoms with van der Waals surface area (Å²) < 4.78 is 2.36. The van der Waals surface area contributed by atoms with Crippen molar-refractivity contribution >= 4 is 0 Å². The van der Waals surface area contributed by atoms with Gasteiger partial charge in [-0.05, 0) is 25.0 Å². The molecule has 1 aromatic heterocycles. The van der Waals surface area contributed by atoms with Gasteiger partial charge in [-0.1, -0.05) is 26.7 Å². The van der Waals surface area contributed by atoms with Gasteiger partial charge in [0.2, 0.25) is 0 Å². The lowest BCUT2D eigenvalue weighted by Gasteiger charge is -2.17. The van der Waals surface area contributed by atoms with Crippen molar-refractivity contribution in [3.8, 4) is 0 Å². The third-order valence-corrected chi connectivity index (χ3v) is 3.06. The van der Waals surface area contributed by atoms with E-state index in [1.807, 2.05) is 0 Å². The van der Waals surface area contributed by atoms with E-state index in [0.717, 1.165) is 18.9 Å². The molecule has 0 spiro atoms. The molecule has 0 aliphatic heterocycles. The molecule has 0 fully saturated rings. The summed E-state index contributed by atoms with van der Waals surface area (Å²) >= 11 is 0. The molecule has 2 nitrogen and oxygen atoms in total. The second-order valence-corrected chi connectivity index (χ2v) is 4.52. The van der Waals surface area contributed by atoms with E-state index in [9.17, 15) is 0 Å². The first-order valence-electron chi connectivity index (χ1n) is 6.06. The lowest BCUT2D eigenvalue weighted by molar-refractivity contribution is 0.411. The second-order valence-electron chi connectivity index (χ2n) is 4.52. The van der Waals surface area contributed by atoms with Gasteiger partial charge in [0, 0.05) is 30.9 Å². The summed E-state index contributed by atoms with van der Waals surface area (Å²) in [5.41, 5.74) is 7.21. The average Bonchev–Trinajstić information content (AvgIpc) is 2.61. The van der Waals surface area contributed by atoms with Crippen LogP contribution in [0.5, 0.6) is 0 Å². The molecule has 1 unspecified atom stereocenters. The topological polar surface area (TPSA) is 30.9 Å². The van der Waals surface area contributed by atoms with Gasteiger partial charge in [-0.25, -0.2) is 0 Å². The molecule has 1 aromatic rings. The van der Waals surface area contributed by atoms with Crippen molar-refractivity contribution in [1.29, 1.82) is 0 Å². The van der Waals surface area contributed by atoms with Crippen LogP contribution in [0.3, 0.4) is 0 Å². The molecular weight excluding hydrogens is 184 g/mol. The van der Waals surface area contributed by atoms with Crippen LogP contribution >= 0.6 is 0 Å². The smallest absolute Gasteiger partial charge is 0.0250 e. The molecular formula is C13H24N2. The molecule has 0 aromatic carbocycles. The summed E-state index contributed by atoms with van der Waals surface area (Å²) in [6, 6.07) is 4.56. The normalized spacial score (nSPS) is 13.4. The van der Waals surface area contributed by atoms with E-state index < -0.39 is 0 Å². The monoisotopic (exact) mass is 208 g/mol. The molecule has 0 bridgehead atoms. The van der Waals surface area contributed by atoms with Gasteiger partial charge < -0.3 is 10.3 Å². The Kier molecular flexibility index (Phi) is 4.89. The average molecular weight is 208 g/mol. The second kappa shape index (κ2) is 5.96. The zero-order valence-electron chi connectivity index (χ0n) is 10.2. The molecule has 0 saturated carbocycles. The molecule has 1 atom stereocenters. The lowest BCUT2D eigenvalue weighted by atomic mass is 10.0. The predicted octanol–water partition coefficient (Wildman–Crippen LogP) is 2.81. The van der Waals surface area contributed by atoms with Crippen molar-refractivity contribution < 1.29 is 0 Å². The van der Waals surface area contributed by atoms with Crippen molar-refractivity contribution in [2.75, 3.05) is 0 Å². The van der Waals surface area contributed by atoms with Crippen LogP contribution in [0.15, 0.2) is 18.3 Å². The van der Waals surface area contributed by atoms with Gasteiger partial charge >= 0.3 is 0 Å². The van der Waals surface area contributed by atoms with Gasteiger partial charge in [0.05, 0.1) is 0 Å². The highest BCUT2D eigenvalue weighted by Crippen LogP contribution is 2.14. The van der Waals surface area contributed by atoms with Crippen molar-refractivity contribution in [2.24, 2.45) is 11.7 Å². The molecule has 0 radical (unpaired) electrons. The zero-order chi connectivity index (χ0) is 11.3. The van der Waals surface area contributed by atoms with Crippen molar-refractivity contribution in [2.45, 2.75) is 52.6 Å². The standard InChI is InChI=1S/C13H24N2/c1-4-12(5-2)10-15-8-6-7-13(15)9-11(3)14/h6-8,11-12H,4-5,9-10,14H2,1-3H3. The quantitative estimate of drug-likeness (QED) is 0.765. The Bertz CT molecular complexity index is 272. The summed E-state index contributed by atoms with van der Waals surface area (Å²) in [5.74, 6) is 0.796. The fourth-order valence-corrected chi connectivity index (χ4v) is 1.97. The van der Waals surface area contributed by atoms with Gasteiger partial charge in [-0.15, -0.1) is 0 Å². The first kappa shape index (κ1) is 12.3. The molecule has 0 amide bonds. The van der Waals surface area contributed by atoms with Crippen LogP contribution in [0.2, 0.25) is 0 Å². The summed E-state index contributed by atoms with van der Waals surface area (Å²) in [6.07, 6.45) is 5.67. The number of rotatable bonds is 6. The maximum absolute atomic E-state index is 5.83. The molecule has 2 heteroatoms. The Morgan fingerprint density at radius 1 is 1.33 bits per heavy atom. The van der Waals surface area contributed by atoms with Crippen molar-refractivity contribution in [1.82, 2.24) is 4.57 Å². The number of nitrogens with zero attached hydrogens (tertiary/aromatic N) is 1. The number of nitrogens with two attached hydrogens (primary N) is 1. The highest BCUT2D eigenvalue weighted by molar-refractivity contribution is 5.08. The van der Waals surface area contributed by atoms with Crippen molar-refractivity contribution in [3.63, 3.8) is 0 Å². The first-order valence-corrected chi connectivity index (χ1v) is 6.06. The van der Waals surface area contributed by atoms with Crippen LogP contribution in [-0.2, 0) is 13.0 Å². The fraction of sp³-hybridized carbons (Fsp3) is 0.692.